The maximum atomic E-state index is 12.8. The van der Waals surface area contributed by atoms with E-state index < -0.39 is 29.3 Å². The third-order valence-electron chi connectivity index (χ3n) is 1.50. The molecule has 1 aromatic rings. The zero-order valence-corrected chi connectivity index (χ0v) is 6.33. The molecule has 0 aromatic heterocycles. The number of hydrogen-bond donors (Lipinski definition) is 1. The van der Waals surface area contributed by atoms with Crippen molar-refractivity contribution in [3.63, 3.8) is 0 Å². The second-order valence-corrected chi connectivity index (χ2v) is 2.36. The fourth-order valence-corrected chi connectivity index (χ4v) is 0.890. The molecule has 1 N–H and O–H groups in total. The zero-order chi connectivity index (χ0) is 10.0. The standard InChI is InChI=1S/C8H6F2O3/c9-4-2-1-3-5(10)6(4)7(11)8(12)13/h1-3,7,11H,(H,12,13)/p-1/t7-/m1/s1. The van der Waals surface area contributed by atoms with Gasteiger partial charge in [-0.15, -0.1) is 0 Å². The molecule has 0 fully saturated rings. The van der Waals surface area contributed by atoms with Gasteiger partial charge in [-0.1, -0.05) is 6.07 Å². The molecular formula is C8H5F2O3-. The second-order valence-electron chi connectivity index (χ2n) is 2.36. The van der Waals surface area contributed by atoms with Crippen molar-refractivity contribution in [2.24, 2.45) is 0 Å². The number of carboxylic acids is 1. The largest absolute Gasteiger partial charge is 0.547 e. The van der Waals surface area contributed by atoms with Crippen LogP contribution >= 0.6 is 0 Å². The molecule has 0 unspecified atom stereocenters. The van der Waals surface area contributed by atoms with Gasteiger partial charge in [0.05, 0.1) is 11.5 Å². The van der Waals surface area contributed by atoms with Gasteiger partial charge >= 0.3 is 0 Å². The minimum Gasteiger partial charge on any atom is -0.547 e. The van der Waals surface area contributed by atoms with Gasteiger partial charge in [-0.25, -0.2) is 8.78 Å². The van der Waals surface area contributed by atoms with Gasteiger partial charge in [0.25, 0.3) is 0 Å². The molecule has 1 atom stereocenters. The molecular weight excluding hydrogens is 182 g/mol. The highest BCUT2D eigenvalue weighted by molar-refractivity contribution is 5.72. The molecule has 0 saturated heterocycles. The van der Waals surface area contributed by atoms with Crippen molar-refractivity contribution in [2.45, 2.75) is 6.10 Å². The van der Waals surface area contributed by atoms with Crippen LogP contribution in [-0.4, -0.2) is 11.1 Å². The Bertz CT molecular complexity index is 318. The summed E-state index contributed by atoms with van der Waals surface area (Å²) in [7, 11) is 0. The van der Waals surface area contributed by atoms with E-state index in [0.717, 1.165) is 18.2 Å². The number of aliphatic hydroxyl groups is 1. The lowest BCUT2D eigenvalue weighted by atomic mass is 10.1. The van der Waals surface area contributed by atoms with Gasteiger partial charge in [0.15, 0.2) is 0 Å². The van der Waals surface area contributed by atoms with E-state index in [1.807, 2.05) is 0 Å². The summed E-state index contributed by atoms with van der Waals surface area (Å²) in [4.78, 5) is 10.1. The number of carboxylic acid groups (broad SMARTS) is 1. The van der Waals surface area contributed by atoms with Crippen molar-refractivity contribution in [2.75, 3.05) is 0 Å². The number of aliphatic carboxylic acids is 1. The molecule has 0 heterocycles. The first kappa shape index (κ1) is 9.60. The van der Waals surface area contributed by atoms with Gasteiger partial charge in [-0.2, -0.15) is 0 Å². The van der Waals surface area contributed by atoms with Gasteiger partial charge in [0.2, 0.25) is 0 Å². The molecule has 0 bridgehead atoms. The normalized spacial score (nSPS) is 12.5. The van der Waals surface area contributed by atoms with E-state index in [0.29, 0.717) is 0 Å². The Morgan fingerprint density at radius 2 is 1.85 bits per heavy atom. The quantitative estimate of drug-likeness (QED) is 0.694. The molecule has 5 heteroatoms. The number of hydrogen-bond acceptors (Lipinski definition) is 3. The molecule has 13 heavy (non-hydrogen) atoms. The zero-order valence-electron chi connectivity index (χ0n) is 6.33. The maximum absolute atomic E-state index is 12.8. The SMILES string of the molecule is O=C([O-])[C@H](O)c1c(F)cccc1F. The van der Waals surface area contributed by atoms with Crippen molar-refractivity contribution >= 4 is 5.97 Å². The third kappa shape index (κ3) is 1.81. The Morgan fingerprint density at radius 3 is 2.23 bits per heavy atom. The first-order chi connectivity index (χ1) is 6.04. The number of carbonyl (C=O) groups excluding carboxylic acids is 1. The Labute approximate surface area is 72.2 Å². The number of rotatable bonds is 2. The molecule has 0 saturated carbocycles. The number of benzene rings is 1. The third-order valence-corrected chi connectivity index (χ3v) is 1.50. The lowest BCUT2D eigenvalue weighted by Gasteiger charge is -2.12. The molecule has 0 radical (unpaired) electrons. The summed E-state index contributed by atoms with van der Waals surface area (Å²) < 4.78 is 25.5. The Balaban J connectivity index is 3.20. The number of carbonyl (C=O) groups is 1. The van der Waals surface area contributed by atoms with Crippen LogP contribution in [0.3, 0.4) is 0 Å². The summed E-state index contributed by atoms with van der Waals surface area (Å²) in [6.07, 6.45) is -2.28. The van der Waals surface area contributed by atoms with Gasteiger partial charge < -0.3 is 15.0 Å². The fraction of sp³-hybridized carbons (Fsp3) is 0.125. The number of aliphatic hydroxyl groups excluding tert-OH is 1. The Kier molecular flexibility index (Phi) is 2.57. The van der Waals surface area contributed by atoms with E-state index >= 15 is 0 Å². The summed E-state index contributed by atoms with van der Waals surface area (Å²) in [6.45, 7) is 0. The number of halogens is 2. The average Bonchev–Trinajstić information content (AvgIpc) is 2.03. The molecule has 1 aromatic carbocycles. The van der Waals surface area contributed by atoms with E-state index in [-0.39, 0.29) is 0 Å². The van der Waals surface area contributed by atoms with Crippen LogP contribution in [0.4, 0.5) is 8.78 Å². The van der Waals surface area contributed by atoms with E-state index in [1.54, 1.807) is 0 Å². The van der Waals surface area contributed by atoms with Crippen LogP contribution in [0, 0.1) is 11.6 Å². The van der Waals surface area contributed by atoms with Crippen molar-refractivity contribution in [1.29, 1.82) is 0 Å². The predicted octanol–water partition coefficient (Wildman–Crippen LogP) is -0.252. The lowest BCUT2D eigenvalue weighted by Crippen LogP contribution is -2.30. The second kappa shape index (κ2) is 3.49. The summed E-state index contributed by atoms with van der Waals surface area (Å²) in [5.74, 6) is -4.17. The van der Waals surface area contributed by atoms with Crippen molar-refractivity contribution < 1.29 is 23.8 Å². The van der Waals surface area contributed by atoms with Crippen molar-refractivity contribution in [3.8, 4) is 0 Å². The smallest absolute Gasteiger partial charge is 0.132 e. The molecule has 0 aliphatic heterocycles. The van der Waals surface area contributed by atoms with Gasteiger partial charge in [-0.05, 0) is 12.1 Å². The molecule has 70 valence electrons. The van der Waals surface area contributed by atoms with E-state index in [2.05, 4.69) is 0 Å². The highest BCUT2D eigenvalue weighted by Crippen LogP contribution is 2.19. The maximum Gasteiger partial charge on any atom is 0.132 e. The first-order valence-corrected chi connectivity index (χ1v) is 3.37. The van der Waals surface area contributed by atoms with Crippen LogP contribution in [0.5, 0.6) is 0 Å². The van der Waals surface area contributed by atoms with Crippen molar-refractivity contribution in [3.05, 3.63) is 35.4 Å². The van der Waals surface area contributed by atoms with Crippen molar-refractivity contribution in [1.82, 2.24) is 0 Å². The summed E-state index contributed by atoms with van der Waals surface area (Å²) >= 11 is 0. The van der Waals surface area contributed by atoms with E-state index in [1.165, 1.54) is 0 Å². The minimum absolute atomic E-state index is 0.852. The van der Waals surface area contributed by atoms with E-state index in [4.69, 9.17) is 5.11 Å². The van der Waals surface area contributed by atoms with Crippen LogP contribution < -0.4 is 5.11 Å². The predicted molar refractivity (Wildman–Crippen MR) is 36.3 cm³/mol. The first-order valence-electron chi connectivity index (χ1n) is 3.37. The lowest BCUT2D eigenvalue weighted by molar-refractivity contribution is -0.315. The van der Waals surface area contributed by atoms with Crippen LogP contribution in [-0.2, 0) is 4.79 Å². The molecule has 1 rings (SSSR count). The molecule has 3 nitrogen and oxygen atoms in total. The molecule has 0 aliphatic rings. The molecule has 0 aliphatic carbocycles. The summed E-state index contributed by atoms with van der Waals surface area (Å²) in [5.41, 5.74) is -0.900. The summed E-state index contributed by atoms with van der Waals surface area (Å²) in [6, 6.07) is 2.77. The summed E-state index contributed by atoms with van der Waals surface area (Å²) in [5, 5.41) is 18.9. The minimum atomic E-state index is -2.28. The van der Waals surface area contributed by atoms with Crippen LogP contribution in [0.1, 0.15) is 11.7 Å². The fourth-order valence-electron chi connectivity index (χ4n) is 0.890. The van der Waals surface area contributed by atoms with Gasteiger partial charge in [0, 0.05) is 0 Å². The monoisotopic (exact) mass is 187 g/mol. The van der Waals surface area contributed by atoms with E-state index in [9.17, 15) is 18.7 Å². The highest BCUT2D eigenvalue weighted by Gasteiger charge is 2.17. The topological polar surface area (TPSA) is 60.4 Å². The van der Waals surface area contributed by atoms with Crippen LogP contribution in [0.2, 0.25) is 0 Å². The highest BCUT2D eigenvalue weighted by atomic mass is 19.1. The molecule has 0 spiro atoms. The molecule has 0 amide bonds. The average molecular weight is 187 g/mol. The van der Waals surface area contributed by atoms with Gasteiger partial charge in [0.1, 0.15) is 17.7 Å². The Morgan fingerprint density at radius 1 is 1.38 bits per heavy atom. The van der Waals surface area contributed by atoms with Crippen LogP contribution in [0.25, 0.3) is 0 Å². The van der Waals surface area contributed by atoms with Crippen LogP contribution in [0.15, 0.2) is 18.2 Å². The Hall–Kier alpha value is -1.49. The van der Waals surface area contributed by atoms with Gasteiger partial charge in [-0.3, -0.25) is 0 Å².